The normalized spacial score (nSPS) is 13.5. The van der Waals surface area contributed by atoms with Gasteiger partial charge in [0.1, 0.15) is 5.75 Å². The zero-order valence-electron chi connectivity index (χ0n) is 15.2. The summed E-state index contributed by atoms with van der Waals surface area (Å²) in [4.78, 5) is 14.3. The molecule has 4 nitrogen and oxygen atoms in total. The van der Waals surface area contributed by atoms with Crippen LogP contribution < -0.4 is 15.0 Å². The summed E-state index contributed by atoms with van der Waals surface area (Å²) in [6.45, 7) is 8.70. The number of nitrogens with zero attached hydrogens (tertiary/aromatic N) is 1. The van der Waals surface area contributed by atoms with Crippen molar-refractivity contribution in [2.45, 2.75) is 33.7 Å². The van der Waals surface area contributed by atoms with Gasteiger partial charge in [-0.25, -0.2) is 4.79 Å². The van der Waals surface area contributed by atoms with E-state index in [-0.39, 0.29) is 5.41 Å². The highest BCUT2D eigenvalue weighted by atomic mass is 16.6. The van der Waals surface area contributed by atoms with Crippen molar-refractivity contribution in [2.24, 2.45) is 5.41 Å². The zero-order valence-corrected chi connectivity index (χ0v) is 15.2. The molecule has 1 N–H and O–H groups in total. The summed E-state index contributed by atoms with van der Waals surface area (Å²) in [6, 6.07) is 16.4. The first-order chi connectivity index (χ1) is 11.9. The number of carbonyl (C=O) groups is 1. The average molecular weight is 338 g/mol. The van der Waals surface area contributed by atoms with Crippen LogP contribution in [0, 0.1) is 5.41 Å². The maximum atomic E-state index is 11.9. The SMILES string of the molecule is CC(C)(C)CNC(=O)Oc1ccc2c(c1)CCN2Cc1ccccc1. The highest BCUT2D eigenvalue weighted by molar-refractivity contribution is 5.71. The fourth-order valence-electron chi connectivity index (χ4n) is 2.96. The lowest BCUT2D eigenvalue weighted by molar-refractivity contribution is 0.195. The van der Waals surface area contributed by atoms with Crippen molar-refractivity contribution in [3.63, 3.8) is 0 Å². The van der Waals surface area contributed by atoms with Crippen LogP contribution in [0.4, 0.5) is 10.5 Å². The standard InChI is InChI=1S/C21H26N2O2/c1-21(2,3)15-22-20(24)25-18-9-10-19-17(13-18)11-12-23(19)14-16-7-5-4-6-8-16/h4-10,13H,11-12,14-15H2,1-3H3,(H,22,24). The molecule has 0 bridgehead atoms. The lowest BCUT2D eigenvalue weighted by Gasteiger charge is -2.20. The van der Waals surface area contributed by atoms with E-state index in [0.717, 1.165) is 19.5 Å². The molecular formula is C21H26N2O2. The highest BCUT2D eigenvalue weighted by Crippen LogP contribution is 2.32. The van der Waals surface area contributed by atoms with Crippen LogP contribution in [0.2, 0.25) is 0 Å². The van der Waals surface area contributed by atoms with Gasteiger partial charge in [-0.05, 0) is 41.2 Å². The molecule has 0 fully saturated rings. The predicted molar refractivity (Wildman–Crippen MR) is 101 cm³/mol. The molecule has 132 valence electrons. The molecule has 1 heterocycles. The van der Waals surface area contributed by atoms with Gasteiger partial charge >= 0.3 is 6.09 Å². The van der Waals surface area contributed by atoms with Gasteiger partial charge < -0.3 is 15.0 Å². The number of hydrogen-bond acceptors (Lipinski definition) is 3. The third kappa shape index (κ3) is 4.75. The van der Waals surface area contributed by atoms with Gasteiger partial charge in [-0.2, -0.15) is 0 Å². The fourth-order valence-corrected chi connectivity index (χ4v) is 2.96. The largest absolute Gasteiger partial charge is 0.412 e. The van der Waals surface area contributed by atoms with Crippen LogP contribution in [0.1, 0.15) is 31.9 Å². The van der Waals surface area contributed by atoms with Crippen molar-refractivity contribution in [1.82, 2.24) is 5.32 Å². The van der Waals surface area contributed by atoms with Crippen molar-refractivity contribution in [3.8, 4) is 5.75 Å². The van der Waals surface area contributed by atoms with E-state index in [2.05, 4.69) is 61.3 Å². The summed E-state index contributed by atoms with van der Waals surface area (Å²) >= 11 is 0. The average Bonchev–Trinajstić information content (AvgIpc) is 2.96. The molecule has 0 aliphatic carbocycles. The number of anilines is 1. The van der Waals surface area contributed by atoms with Crippen molar-refractivity contribution >= 4 is 11.8 Å². The molecule has 0 saturated carbocycles. The molecule has 0 atom stereocenters. The molecule has 0 radical (unpaired) electrons. The van der Waals surface area contributed by atoms with E-state index in [9.17, 15) is 4.79 Å². The highest BCUT2D eigenvalue weighted by Gasteiger charge is 2.20. The third-order valence-electron chi connectivity index (χ3n) is 4.23. The Hall–Kier alpha value is -2.49. The second-order valence-electron chi connectivity index (χ2n) is 7.75. The van der Waals surface area contributed by atoms with Crippen molar-refractivity contribution in [1.29, 1.82) is 0 Å². The van der Waals surface area contributed by atoms with Gasteiger partial charge in [0.25, 0.3) is 0 Å². The Kier molecular flexibility index (Phi) is 4.98. The summed E-state index contributed by atoms with van der Waals surface area (Å²) in [5, 5.41) is 2.81. The van der Waals surface area contributed by atoms with E-state index in [4.69, 9.17) is 4.74 Å². The minimum Gasteiger partial charge on any atom is -0.410 e. The number of hydrogen-bond donors (Lipinski definition) is 1. The number of ether oxygens (including phenoxy) is 1. The summed E-state index contributed by atoms with van der Waals surface area (Å²) in [6.07, 6.45) is 0.581. The number of benzene rings is 2. The van der Waals surface area contributed by atoms with Crippen LogP contribution in [0.15, 0.2) is 48.5 Å². The molecule has 1 amide bonds. The molecule has 0 saturated heterocycles. The van der Waals surface area contributed by atoms with Gasteiger partial charge in [-0.1, -0.05) is 51.1 Å². The van der Waals surface area contributed by atoms with Gasteiger partial charge in [-0.15, -0.1) is 0 Å². The minimum atomic E-state index is -0.394. The molecule has 0 aromatic heterocycles. The van der Waals surface area contributed by atoms with E-state index < -0.39 is 6.09 Å². The summed E-state index contributed by atoms with van der Waals surface area (Å²) in [5.74, 6) is 0.603. The van der Waals surface area contributed by atoms with Gasteiger partial charge in [-0.3, -0.25) is 0 Å². The Morgan fingerprint density at radius 1 is 1.16 bits per heavy atom. The molecular weight excluding hydrogens is 312 g/mol. The molecule has 1 aliphatic heterocycles. The van der Waals surface area contributed by atoms with Crippen LogP contribution in [0.5, 0.6) is 5.75 Å². The van der Waals surface area contributed by atoms with E-state index in [1.165, 1.54) is 16.8 Å². The number of carbonyl (C=O) groups excluding carboxylic acids is 1. The Balaban J connectivity index is 1.62. The molecule has 25 heavy (non-hydrogen) atoms. The van der Waals surface area contributed by atoms with E-state index >= 15 is 0 Å². The smallest absolute Gasteiger partial charge is 0.410 e. The number of fused-ring (bicyclic) bond motifs is 1. The first-order valence-corrected chi connectivity index (χ1v) is 8.78. The van der Waals surface area contributed by atoms with Gasteiger partial charge in [0.2, 0.25) is 0 Å². The lowest BCUT2D eigenvalue weighted by atomic mass is 9.97. The van der Waals surface area contributed by atoms with Crippen molar-refractivity contribution in [3.05, 3.63) is 59.7 Å². The van der Waals surface area contributed by atoms with E-state index in [1.54, 1.807) is 0 Å². The molecule has 1 aliphatic rings. The van der Waals surface area contributed by atoms with Crippen molar-refractivity contribution in [2.75, 3.05) is 18.0 Å². The Morgan fingerprint density at radius 2 is 1.92 bits per heavy atom. The van der Waals surface area contributed by atoms with Gasteiger partial charge in [0, 0.05) is 25.3 Å². The molecule has 3 rings (SSSR count). The quantitative estimate of drug-likeness (QED) is 0.899. The maximum absolute atomic E-state index is 11.9. The monoisotopic (exact) mass is 338 g/mol. The number of amides is 1. The van der Waals surface area contributed by atoms with E-state index in [0.29, 0.717) is 12.3 Å². The topological polar surface area (TPSA) is 41.6 Å². The molecule has 0 spiro atoms. The Morgan fingerprint density at radius 3 is 2.64 bits per heavy atom. The van der Waals surface area contributed by atoms with Crippen LogP contribution >= 0.6 is 0 Å². The lowest BCUT2D eigenvalue weighted by Crippen LogP contribution is -2.34. The fraction of sp³-hybridized carbons (Fsp3) is 0.381. The van der Waals surface area contributed by atoms with Crippen LogP contribution in [-0.2, 0) is 13.0 Å². The molecule has 2 aromatic carbocycles. The summed E-state index contributed by atoms with van der Waals surface area (Å²) in [5.41, 5.74) is 3.80. The Labute approximate surface area is 149 Å². The minimum absolute atomic E-state index is 0.0366. The first-order valence-electron chi connectivity index (χ1n) is 8.78. The van der Waals surface area contributed by atoms with Crippen LogP contribution in [0.25, 0.3) is 0 Å². The summed E-state index contributed by atoms with van der Waals surface area (Å²) in [7, 11) is 0. The van der Waals surface area contributed by atoms with Crippen molar-refractivity contribution < 1.29 is 9.53 Å². The zero-order chi connectivity index (χ0) is 17.9. The van der Waals surface area contributed by atoms with Gasteiger partial charge in [0.05, 0.1) is 0 Å². The second-order valence-corrected chi connectivity index (χ2v) is 7.75. The van der Waals surface area contributed by atoms with E-state index in [1.807, 2.05) is 18.2 Å². The summed E-state index contributed by atoms with van der Waals surface area (Å²) < 4.78 is 5.42. The molecule has 2 aromatic rings. The van der Waals surface area contributed by atoms with Gasteiger partial charge in [0.15, 0.2) is 0 Å². The predicted octanol–water partition coefficient (Wildman–Crippen LogP) is 4.38. The second kappa shape index (κ2) is 7.18. The van der Waals surface area contributed by atoms with Crippen LogP contribution in [0.3, 0.4) is 0 Å². The number of rotatable bonds is 4. The first kappa shape index (κ1) is 17.3. The molecule has 4 heteroatoms. The Bertz CT molecular complexity index is 735. The van der Waals surface area contributed by atoms with Crippen LogP contribution in [-0.4, -0.2) is 19.2 Å². The maximum Gasteiger partial charge on any atom is 0.412 e. The molecule has 0 unspecified atom stereocenters. The third-order valence-corrected chi connectivity index (χ3v) is 4.23. The number of nitrogens with one attached hydrogen (secondary N) is 1.